The van der Waals surface area contributed by atoms with Gasteiger partial charge in [0.15, 0.2) is 0 Å². The predicted molar refractivity (Wildman–Crippen MR) is 162 cm³/mol. The van der Waals surface area contributed by atoms with E-state index in [0.717, 1.165) is 60.1 Å². The van der Waals surface area contributed by atoms with Gasteiger partial charge in [-0.05, 0) is 66.1 Å². The molecule has 42 heavy (non-hydrogen) atoms. The SMILES string of the molecule is CC(C)(C)C(NC(=O)c1ccc(-c2cnc3ncc(C4(c5ccc6ncccc6c5)CC4)n3c2)cc1)C(=O)N1CCC1. The number of pyridine rings is 1. The normalized spacial score (nSPS) is 16.7. The van der Waals surface area contributed by atoms with Gasteiger partial charge in [-0.1, -0.05) is 45.0 Å². The zero-order chi connectivity index (χ0) is 29.1. The van der Waals surface area contributed by atoms with Crippen molar-refractivity contribution in [2.45, 2.75) is 51.5 Å². The van der Waals surface area contributed by atoms with E-state index in [9.17, 15) is 9.59 Å². The molecule has 0 spiro atoms. The van der Waals surface area contributed by atoms with Crippen LogP contribution in [0, 0.1) is 5.41 Å². The molecule has 5 aromatic rings. The maximum absolute atomic E-state index is 13.2. The Bertz CT molecular complexity index is 1830. The number of rotatable bonds is 6. The van der Waals surface area contributed by atoms with Gasteiger partial charge < -0.3 is 10.2 Å². The molecule has 1 saturated carbocycles. The maximum Gasteiger partial charge on any atom is 0.251 e. The minimum atomic E-state index is -0.579. The van der Waals surface area contributed by atoms with Crippen LogP contribution in [0.1, 0.15) is 61.6 Å². The van der Waals surface area contributed by atoms with Crippen LogP contribution in [0.4, 0.5) is 0 Å². The maximum atomic E-state index is 13.2. The molecule has 3 aromatic heterocycles. The lowest BCUT2D eigenvalue weighted by Gasteiger charge is -2.39. The van der Waals surface area contributed by atoms with Crippen LogP contribution in [0.3, 0.4) is 0 Å². The van der Waals surface area contributed by atoms with Crippen molar-refractivity contribution in [3.8, 4) is 11.1 Å². The highest BCUT2D eigenvalue weighted by Gasteiger charge is 2.48. The standard InChI is InChI=1S/C34H34N6O2/c1-33(2,3)29(31(42)39-16-5-17-39)38-30(41)23-9-7-22(8-10-23)25-19-36-32-37-20-28(40(32)21-25)34(13-14-34)26-11-12-27-24(18-26)6-4-15-35-27/h4,6-12,15,18-21,29H,5,13-14,16-17H2,1-3H3,(H,38,41). The fourth-order valence-electron chi connectivity index (χ4n) is 5.96. The number of carbonyl (C=O) groups excluding carboxylic acids is 2. The molecule has 1 aliphatic carbocycles. The summed E-state index contributed by atoms with van der Waals surface area (Å²) in [5, 5.41) is 4.14. The molecule has 4 heterocycles. The molecule has 2 amide bonds. The summed E-state index contributed by atoms with van der Waals surface area (Å²) in [6.07, 6.45) is 10.8. The van der Waals surface area contributed by atoms with E-state index in [4.69, 9.17) is 0 Å². The van der Waals surface area contributed by atoms with Crippen LogP contribution >= 0.6 is 0 Å². The number of hydrogen-bond donors (Lipinski definition) is 1. The van der Waals surface area contributed by atoms with E-state index in [1.165, 1.54) is 5.56 Å². The summed E-state index contributed by atoms with van der Waals surface area (Å²) in [6.45, 7) is 7.46. The molecule has 8 heteroatoms. The van der Waals surface area contributed by atoms with Crippen molar-refractivity contribution in [3.63, 3.8) is 0 Å². The third kappa shape index (κ3) is 4.51. The molecule has 1 N–H and O–H groups in total. The molecule has 8 nitrogen and oxygen atoms in total. The Morgan fingerprint density at radius 1 is 0.929 bits per heavy atom. The van der Waals surface area contributed by atoms with Crippen LogP contribution < -0.4 is 5.32 Å². The van der Waals surface area contributed by atoms with Crippen LogP contribution in [-0.4, -0.2) is 55.2 Å². The van der Waals surface area contributed by atoms with Gasteiger partial charge >= 0.3 is 0 Å². The van der Waals surface area contributed by atoms with Gasteiger partial charge in [-0.25, -0.2) is 9.97 Å². The summed E-state index contributed by atoms with van der Waals surface area (Å²) in [5.41, 5.74) is 5.31. The van der Waals surface area contributed by atoms with Crippen molar-refractivity contribution in [2.75, 3.05) is 13.1 Å². The quantitative estimate of drug-likeness (QED) is 0.301. The lowest BCUT2D eigenvalue weighted by Crippen LogP contribution is -2.57. The molecule has 0 radical (unpaired) electrons. The Morgan fingerprint density at radius 2 is 1.69 bits per heavy atom. The van der Waals surface area contributed by atoms with Gasteiger partial charge in [0, 0.05) is 53.6 Å². The van der Waals surface area contributed by atoms with Crippen LogP contribution in [-0.2, 0) is 10.2 Å². The number of fused-ring (bicyclic) bond motifs is 2. The lowest BCUT2D eigenvalue weighted by molar-refractivity contribution is -0.139. The van der Waals surface area contributed by atoms with Crippen LogP contribution in [0.2, 0.25) is 0 Å². The number of carbonyl (C=O) groups is 2. The number of amides is 2. The number of likely N-dealkylation sites (tertiary alicyclic amines) is 1. The number of hydrogen-bond acceptors (Lipinski definition) is 5. The van der Waals surface area contributed by atoms with Gasteiger partial charge in [-0.2, -0.15) is 0 Å². The minimum absolute atomic E-state index is 0.0111. The summed E-state index contributed by atoms with van der Waals surface area (Å²) in [4.78, 5) is 41.8. The second-order valence-electron chi connectivity index (χ2n) is 12.7. The van der Waals surface area contributed by atoms with Crippen molar-refractivity contribution < 1.29 is 9.59 Å². The van der Waals surface area contributed by atoms with Crippen molar-refractivity contribution in [1.82, 2.24) is 29.6 Å². The first-order valence-electron chi connectivity index (χ1n) is 14.6. The van der Waals surface area contributed by atoms with Crippen LogP contribution in [0.15, 0.2) is 79.4 Å². The monoisotopic (exact) mass is 558 g/mol. The molecular formula is C34H34N6O2. The van der Waals surface area contributed by atoms with Gasteiger partial charge in [-0.15, -0.1) is 0 Å². The molecule has 1 aliphatic heterocycles. The highest BCUT2D eigenvalue weighted by atomic mass is 16.2. The first-order chi connectivity index (χ1) is 20.2. The van der Waals surface area contributed by atoms with Crippen LogP contribution in [0.25, 0.3) is 27.8 Å². The van der Waals surface area contributed by atoms with E-state index < -0.39 is 11.5 Å². The van der Waals surface area contributed by atoms with Gasteiger partial charge in [0.2, 0.25) is 11.7 Å². The van der Waals surface area contributed by atoms with Gasteiger partial charge in [0.1, 0.15) is 6.04 Å². The molecule has 1 saturated heterocycles. The van der Waals surface area contributed by atoms with Crippen molar-refractivity contribution in [3.05, 3.63) is 96.2 Å². The van der Waals surface area contributed by atoms with E-state index in [1.54, 1.807) is 0 Å². The third-order valence-electron chi connectivity index (χ3n) is 8.80. The number of nitrogens with one attached hydrogen (secondary N) is 1. The van der Waals surface area contributed by atoms with Crippen LogP contribution in [0.5, 0.6) is 0 Å². The molecule has 7 rings (SSSR count). The highest BCUT2D eigenvalue weighted by molar-refractivity contribution is 5.98. The Labute approximate surface area is 244 Å². The Balaban J connectivity index is 1.15. The van der Waals surface area contributed by atoms with E-state index >= 15 is 0 Å². The molecule has 2 fully saturated rings. The number of imidazole rings is 1. The van der Waals surface area contributed by atoms with Gasteiger partial charge in [0.25, 0.3) is 5.91 Å². The second kappa shape index (κ2) is 9.76. The summed E-state index contributed by atoms with van der Waals surface area (Å²) in [5.74, 6) is 0.406. The average molecular weight is 559 g/mol. The largest absolute Gasteiger partial charge is 0.341 e. The molecule has 2 aromatic carbocycles. The predicted octanol–water partition coefficient (Wildman–Crippen LogP) is 5.40. The van der Waals surface area contributed by atoms with E-state index in [-0.39, 0.29) is 17.2 Å². The zero-order valence-corrected chi connectivity index (χ0v) is 24.2. The van der Waals surface area contributed by atoms with E-state index in [0.29, 0.717) is 11.3 Å². The Hall–Kier alpha value is -4.59. The minimum Gasteiger partial charge on any atom is -0.341 e. The molecular weight excluding hydrogens is 524 g/mol. The third-order valence-corrected chi connectivity index (χ3v) is 8.80. The van der Waals surface area contributed by atoms with Gasteiger partial charge in [0.05, 0.1) is 17.4 Å². The molecule has 1 unspecified atom stereocenters. The fourth-order valence-corrected chi connectivity index (χ4v) is 5.96. The van der Waals surface area contributed by atoms with Crippen molar-refractivity contribution in [1.29, 1.82) is 0 Å². The van der Waals surface area contributed by atoms with E-state index in [2.05, 4.69) is 55.1 Å². The molecule has 2 aliphatic rings. The van der Waals surface area contributed by atoms with Crippen molar-refractivity contribution in [2.24, 2.45) is 5.41 Å². The number of aromatic nitrogens is 4. The lowest BCUT2D eigenvalue weighted by atomic mass is 9.85. The molecule has 1 atom stereocenters. The average Bonchev–Trinajstić information content (AvgIpc) is 3.66. The summed E-state index contributed by atoms with van der Waals surface area (Å²) in [6, 6.07) is 17.5. The molecule has 212 valence electrons. The smallest absolute Gasteiger partial charge is 0.251 e. The summed E-state index contributed by atoms with van der Waals surface area (Å²) >= 11 is 0. The van der Waals surface area contributed by atoms with E-state index in [1.807, 2.05) is 74.6 Å². The fraction of sp³-hybridized carbons (Fsp3) is 0.324. The summed E-state index contributed by atoms with van der Waals surface area (Å²) < 4.78 is 2.10. The first-order valence-corrected chi connectivity index (χ1v) is 14.6. The summed E-state index contributed by atoms with van der Waals surface area (Å²) in [7, 11) is 0. The zero-order valence-electron chi connectivity index (χ0n) is 24.2. The topological polar surface area (TPSA) is 92.5 Å². The Kier molecular flexibility index (Phi) is 6.11. The first kappa shape index (κ1) is 26.3. The van der Waals surface area contributed by atoms with Crippen molar-refractivity contribution >= 4 is 28.5 Å². The van der Waals surface area contributed by atoms with Gasteiger partial charge in [-0.3, -0.25) is 19.0 Å². The molecule has 0 bridgehead atoms. The highest BCUT2D eigenvalue weighted by Crippen LogP contribution is 2.53. The number of nitrogens with zero attached hydrogens (tertiary/aromatic N) is 5. The number of benzene rings is 2. The Morgan fingerprint density at radius 3 is 2.38 bits per heavy atom. The second-order valence-corrected chi connectivity index (χ2v) is 12.7.